The minimum absolute atomic E-state index is 0.374. The van der Waals surface area contributed by atoms with Gasteiger partial charge in [0.2, 0.25) is 0 Å². The molecule has 4 nitrogen and oxygen atoms in total. The summed E-state index contributed by atoms with van der Waals surface area (Å²) in [6.45, 7) is 5.59. The Bertz CT molecular complexity index is 492. The molecule has 2 aliphatic heterocycles. The summed E-state index contributed by atoms with van der Waals surface area (Å²) in [5.41, 5.74) is 1.26. The Morgan fingerprint density at radius 1 is 1.24 bits per heavy atom. The molecule has 0 spiro atoms. The summed E-state index contributed by atoms with van der Waals surface area (Å²) in [5.74, 6) is 0. The second kappa shape index (κ2) is 5.86. The fraction of sp³-hybridized carbons (Fsp3) is 0.812. The fourth-order valence-electron chi connectivity index (χ4n) is 3.59. The lowest BCUT2D eigenvalue weighted by atomic mass is 9.90. The molecule has 2 fully saturated rings. The van der Waals surface area contributed by atoms with E-state index >= 15 is 0 Å². The first-order chi connectivity index (χ1) is 10.3. The van der Waals surface area contributed by atoms with Crippen LogP contribution in [0.2, 0.25) is 0 Å². The summed E-state index contributed by atoms with van der Waals surface area (Å²) in [7, 11) is 0. The van der Waals surface area contributed by atoms with Crippen LogP contribution in [-0.4, -0.2) is 41.2 Å². The molecule has 1 N–H and O–H groups in total. The van der Waals surface area contributed by atoms with Gasteiger partial charge in [-0.1, -0.05) is 17.8 Å². The predicted octanol–water partition coefficient (Wildman–Crippen LogP) is 2.57. The van der Waals surface area contributed by atoms with E-state index in [-0.39, 0.29) is 0 Å². The number of thiazole rings is 1. The maximum atomic E-state index is 6.18. The minimum atomic E-state index is 0.374. The van der Waals surface area contributed by atoms with Crippen molar-refractivity contribution in [3.63, 3.8) is 0 Å². The zero-order chi connectivity index (χ0) is 14.2. The third kappa shape index (κ3) is 2.96. The summed E-state index contributed by atoms with van der Waals surface area (Å²) in [6.07, 6.45) is 7.99. The van der Waals surface area contributed by atoms with E-state index in [0.717, 1.165) is 37.0 Å². The molecule has 0 amide bonds. The van der Waals surface area contributed by atoms with Crippen LogP contribution < -0.4 is 10.1 Å². The van der Waals surface area contributed by atoms with E-state index in [2.05, 4.69) is 17.1 Å². The van der Waals surface area contributed by atoms with Crippen LogP contribution in [0.15, 0.2) is 0 Å². The van der Waals surface area contributed by atoms with Gasteiger partial charge >= 0.3 is 0 Å². The summed E-state index contributed by atoms with van der Waals surface area (Å²) in [4.78, 5) is 8.76. The van der Waals surface area contributed by atoms with E-state index in [1.165, 1.54) is 42.9 Å². The lowest BCUT2D eigenvalue weighted by Gasteiger charge is -2.41. The van der Waals surface area contributed by atoms with E-state index in [1.54, 1.807) is 11.3 Å². The topological polar surface area (TPSA) is 37.4 Å². The number of nitrogens with zero attached hydrogens (tertiary/aromatic N) is 2. The number of rotatable bonds is 3. The highest BCUT2D eigenvalue weighted by molar-refractivity contribution is 7.13. The molecule has 116 valence electrons. The molecule has 0 bridgehead atoms. The van der Waals surface area contributed by atoms with Crippen molar-refractivity contribution in [3.8, 4) is 5.19 Å². The summed E-state index contributed by atoms with van der Waals surface area (Å²) >= 11 is 1.74. The Balaban J connectivity index is 1.32. The maximum absolute atomic E-state index is 6.18. The lowest BCUT2D eigenvalue weighted by molar-refractivity contribution is 0.0492. The summed E-state index contributed by atoms with van der Waals surface area (Å²) in [5, 5.41) is 4.40. The number of likely N-dealkylation sites (tertiary alicyclic amines) is 1. The zero-order valence-corrected chi connectivity index (χ0v) is 13.6. The Hall–Kier alpha value is -0.650. The van der Waals surface area contributed by atoms with E-state index < -0.39 is 0 Å². The van der Waals surface area contributed by atoms with Gasteiger partial charge in [-0.05, 0) is 32.6 Å². The molecule has 0 aromatic carbocycles. The molecule has 0 radical (unpaired) electrons. The van der Waals surface area contributed by atoms with E-state index in [0.29, 0.717) is 12.1 Å². The van der Waals surface area contributed by atoms with Crippen molar-refractivity contribution in [2.75, 3.05) is 13.1 Å². The molecule has 1 aromatic rings. The average Bonchev–Trinajstić information content (AvgIpc) is 2.80. The smallest absolute Gasteiger partial charge is 0.273 e. The average molecular weight is 307 g/mol. The highest BCUT2D eigenvalue weighted by Crippen LogP contribution is 2.32. The molecule has 1 aliphatic carbocycles. The number of ether oxygens (including phenoxy) is 1. The van der Waals surface area contributed by atoms with Crippen LogP contribution >= 0.6 is 11.3 Å². The first-order valence-electron chi connectivity index (χ1n) is 8.40. The highest BCUT2D eigenvalue weighted by Gasteiger charge is 2.30. The number of hydrogen-bond acceptors (Lipinski definition) is 5. The molecule has 4 rings (SSSR count). The van der Waals surface area contributed by atoms with Crippen molar-refractivity contribution < 1.29 is 4.74 Å². The van der Waals surface area contributed by atoms with Gasteiger partial charge in [0.15, 0.2) is 0 Å². The lowest BCUT2D eigenvalue weighted by Crippen LogP contribution is -2.46. The molecule has 3 aliphatic rings. The molecule has 3 heterocycles. The van der Waals surface area contributed by atoms with E-state index in [1.807, 2.05) is 0 Å². The Labute approximate surface area is 130 Å². The SMILES string of the molecule is CC1Cc2nc(OC3CCN(C4CCC4)CC3)sc2CN1. The van der Waals surface area contributed by atoms with Crippen LogP contribution in [0.1, 0.15) is 49.6 Å². The van der Waals surface area contributed by atoms with Gasteiger partial charge in [-0.2, -0.15) is 0 Å². The van der Waals surface area contributed by atoms with Crippen molar-refractivity contribution >= 4 is 11.3 Å². The quantitative estimate of drug-likeness (QED) is 0.931. The largest absolute Gasteiger partial charge is 0.467 e. The Morgan fingerprint density at radius 2 is 2.05 bits per heavy atom. The second-order valence-electron chi connectivity index (χ2n) is 6.77. The van der Waals surface area contributed by atoms with Gasteiger partial charge < -0.3 is 15.0 Å². The minimum Gasteiger partial charge on any atom is -0.467 e. The standard InChI is InChI=1S/C16H25N3OS/c1-11-9-14-15(10-17-11)21-16(18-14)20-13-5-7-19(8-6-13)12-3-2-4-12/h11-13,17H,2-10H2,1H3. The third-order valence-electron chi connectivity index (χ3n) is 5.20. The van der Waals surface area contributed by atoms with Crippen molar-refractivity contribution in [2.45, 2.75) is 70.2 Å². The number of piperidine rings is 1. The number of aromatic nitrogens is 1. The van der Waals surface area contributed by atoms with Crippen molar-refractivity contribution in [3.05, 3.63) is 10.6 Å². The molecule has 1 saturated carbocycles. The van der Waals surface area contributed by atoms with Crippen molar-refractivity contribution in [2.24, 2.45) is 0 Å². The number of nitrogens with one attached hydrogen (secondary N) is 1. The van der Waals surface area contributed by atoms with Crippen LogP contribution in [0.3, 0.4) is 0 Å². The van der Waals surface area contributed by atoms with Gasteiger partial charge in [0, 0.05) is 43.0 Å². The summed E-state index contributed by atoms with van der Waals surface area (Å²) in [6, 6.07) is 1.42. The number of hydrogen-bond donors (Lipinski definition) is 1. The molecular formula is C16H25N3OS. The summed E-state index contributed by atoms with van der Waals surface area (Å²) < 4.78 is 6.18. The fourth-order valence-corrected chi connectivity index (χ4v) is 4.54. The van der Waals surface area contributed by atoms with Gasteiger partial charge in [0.25, 0.3) is 5.19 Å². The van der Waals surface area contributed by atoms with Crippen LogP contribution in [0.5, 0.6) is 5.19 Å². The molecule has 1 saturated heterocycles. The molecule has 5 heteroatoms. The van der Waals surface area contributed by atoms with Gasteiger partial charge in [0.1, 0.15) is 6.10 Å². The van der Waals surface area contributed by atoms with Crippen LogP contribution in [0, 0.1) is 0 Å². The molecule has 1 unspecified atom stereocenters. The van der Waals surface area contributed by atoms with Gasteiger partial charge in [-0.3, -0.25) is 0 Å². The van der Waals surface area contributed by atoms with Gasteiger partial charge in [-0.25, -0.2) is 4.98 Å². The zero-order valence-electron chi connectivity index (χ0n) is 12.8. The van der Waals surface area contributed by atoms with E-state index in [9.17, 15) is 0 Å². The molecule has 1 aromatic heterocycles. The van der Waals surface area contributed by atoms with Crippen molar-refractivity contribution in [1.29, 1.82) is 0 Å². The monoisotopic (exact) mass is 307 g/mol. The van der Waals surface area contributed by atoms with Crippen LogP contribution in [-0.2, 0) is 13.0 Å². The number of fused-ring (bicyclic) bond motifs is 1. The van der Waals surface area contributed by atoms with Gasteiger partial charge in [-0.15, -0.1) is 0 Å². The van der Waals surface area contributed by atoms with Gasteiger partial charge in [0.05, 0.1) is 5.69 Å². The van der Waals surface area contributed by atoms with Crippen LogP contribution in [0.25, 0.3) is 0 Å². The third-order valence-corrected chi connectivity index (χ3v) is 6.19. The highest BCUT2D eigenvalue weighted by atomic mass is 32.1. The maximum Gasteiger partial charge on any atom is 0.273 e. The predicted molar refractivity (Wildman–Crippen MR) is 85.0 cm³/mol. The van der Waals surface area contributed by atoms with Crippen LogP contribution in [0.4, 0.5) is 0 Å². The Kier molecular flexibility index (Phi) is 3.90. The normalized spacial score (nSPS) is 28.1. The first-order valence-corrected chi connectivity index (χ1v) is 9.22. The molecule has 21 heavy (non-hydrogen) atoms. The molecule has 1 atom stereocenters. The second-order valence-corrected chi connectivity index (χ2v) is 7.82. The van der Waals surface area contributed by atoms with Crippen molar-refractivity contribution in [1.82, 2.24) is 15.2 Å². The molecular weight excluding hydrogens is 282 g/mol. The first kappa shape index (κ1) is 14.0. The van der Waals surface area contributed by atoms with E-state index in [4.69, 9.17) is 9.72 Å². The Morgan fingerprint density at radius 3 is 2.76 bits per heavy atom.